The zero-order valence-electron chi connectivity index (χ0n) is 11.0. The van der Waals surface area contributed by atoms with Crippen molar-refractivity contribution in [2.75, 3.05) is 6.61 Å². The van der Waals surface area contributed by atoms with Crippen LogP contribution in [-0.4, -0.2) is 17.6 Å². The predicted octanol–water partition coefficient (Wildman–Crippen LogP) is 3.11. The van der Waals surface area contributed by atoms with Gasteiger partial charge in [-0.15, -0.1) is 0 Å². The van der Waals surface area contributed by atoms with Crippen molar-refractivity contribution in [3.05, 3.63) is 42.0 Å². The van der Waals surface area contributed by atoms with E-state index in [1.165, 1.54) is 0 Å². The summed E-state index contributed by atoms with van der Waals surface area (Å²) in [5.41, 5.74) is 6.44. The Morgan fingerprint density at radius 2 is 2.05 bits per heavy atom. The lowest BCUT2D eigenvalue weighted by molar-refractivity contribution is 0.306. The van der Waals surface area contributed by atoms with E-state index in [0.29, 0.717) is 17.9 Å². The van der Waals surface area contributed by atoms with Gasteiger partial charge in [0.05, 0.1) is 12.2 Å². The molecular weight excluding hydrogens is 240 g/mol. The first-order valence-electron chi connectivity index (χ1n) is 6.40. The molecule has 2 aromatic carbocycles. The third-order valence-corrected chi connectivity index (χ3v) is 3.01. The Morgan fingerprint density at radius 1 is 1.26 bits per heavy atom. The molecule has 0 amide bonds. The number of nitrogens with zero attached hydrogens (tertiary/aromatic N) is 1. The number of hydrogen-bond donors (Lipinski definition) is 2. The monoisotopic (exact) mass is 258 g/mol. The van der Waals surface area contributed by atoms with E-state index in [-0.39, 0.29) is 5.84 Å². The van der Waals surface area contributed by atoms with Crippen LogP contribution in [0.2, 0.25) is 0 Å². The molecule has 0 bridgehead atoms. The molecule has 0 saturated heterocycles. The molecule has 4 nitrogen and oxygen atoms in total. The van der Waals surface area contributed by atoms with Crippen LogP contribution in [0.5, 0.6) is 5.75 Å². The zero-order chi connectivity index (χ0) is 13.7. The molecule has 19 heavy (non-hydrogen) atoms. The Morgan fingerprint density at radius 3 is 2.79 bits per heavy atom. The third kappa shape index (κ3) is 2.78. The van der Waals surface area contributed by atoms with Gasteiger partial charge in [0.15, 0.2) is 5.84 Å². The number of unbranched alkanes of at least 4 members (excludes halogenated alkanes) is 1. The normalized spacial score (nSPS) is 11.7. The van der Waals surface area contributed by atoms with Crippen molar-refractivity contribution in [3.63, 3.8) is 0 Å². The smallest absolute Gasteiger partial charge is 0.174 e. The maximum absolute atomic E-state index is 8.95. The molecule has 3 N–H and O–H groups in total. The van der Waals surface area contributed by atoms with E-state index < -0.39 is 0 Å². The Balaban J connectivity index is 2.50. The first-order valence-corrected chi connectivity index (χ1v) is 6.40. The molecule has 0 spiro atoms. The van der Waals surface area contributed by atoms with Crippen molar-refractivity contribution in [2.45, 2.75) is 19.8 Å². The minimum atomic E-state index is 0.0725. The van der Waals surface area contributed by atoms with Gasteiger partial charge in [-0.25, -0.2) is 0 Å². The number of hydrogen-bond acceptors (Lipinski definition) is 3. The summed E-state index contributed by atoms with van der Waals surface area (Å²) >= 11 is 0. The summed E-state index contributed by atoms with van der Waals surface area (Å²) in [6, 6.07) is 11.6. The van der Waals surface area contributed by atoms with Crippen molar-refractivity contribution in [1.82, 2.24) is 0 Å². The van der Waals surface area contributed by atoms with Crippen LogP contribution >= 0.6 is 0 Å². The summed E-state index contributed by atoms with van der Waals surface area (Å²) < 4.78 is 5.74. The largest absolute Gasteiger partial charge is 0.493 e. The first kappa shape index (κ1) is 13.2. The van der Waals surface area contributed by atoms with Crippen LogP contribution in [0.25, 0.3) is 10.8 Å². The van der Waals surface area contributed by atoms with Gasteiger partial charge in [-0.1, -0.05) is 48.8 Å². The topological polar surface area (TPSA) is 67.8 Å². The van der Waals surface area contributed by atoms with E-state index >= 15 is 0 Å². The highest BCUT2D eigenvalue weighted by atomic mass is 16.5. The number of amidine groups is 1. The van der Waals surface area contributed by atoms with Gasteiger partial charge in [0.1, 0.15) is 5.75 Å². The number of nitrogens with two attached hydrogens (primary N) is 1. The average Bonchev–Trinajstić information content (AvgIpc) is 2.46. The van der Waals surface area contributed by atoms with Crippen molar-refractivity contribution in [1.29, 1.82) is 0 Å². The predicted molar refractivity (Wildman–Crippen MR) is 76.9 cm³/mol. The SMILES string of the molecule is CCCCOc1ccc2ccccc2c1/C(N)=N/O. The molecule has 0 aliphatic carbocycles. The third-order valence-electron chi connectivity index (χ3n) is 3.01. The molecule has 4 heteroatoms. The second kappa shape index (κ2) is 6.09. The first-order chi connectivity index (χ1) is 9.27. The van der Waals surface area contributed by atoms with Crippen LogP contribution in [0, 0.1) is 0 Å². The van der Waals surface area contributed by atoms with Gasteiger partial charge in [-0.05, 0) is 23.3 Å². The molecule has 0 aliphatic rings. The molecule has 2 rings (SSSR count). The fourth-order valence-electron chi connectivity index (χ4n) is 2.01. The van der Waals surface area contributed by atoms with Crippen LogP contribution in [0.4, 0.5) is 0 Å². The lowest BCUT2D eigenvalue weighted by atomic mass is 10.0. The molecule has 0 heterocycles. The summed E-state index contributed by atoms with van der Waals surface area (Å²) in [5, 5.41) is 14.0. The molecular formula is C15H18N2O2. The molecule has 0 fully saturated rings. The van der Waals surface area contributed by atoms with Crippen LogP contribution < -0.4 is 10.5 Å². The van der Waals surface area contributed by atoms with Crippen LogP contribution in [0.15, 0.2) is 41.6 Å². The van der Waals surface area contributed by atoms with E-state index in [9.17, 15) is 0 Å². The standard InChI is InChI=1S/C15H18N2O2/c1-2-3-10-19-13-9-8-11-6-4-5-7-12(11)14(13)15(16)17-18/h4-9,18H,2-3,10H2,1H3,(H2,16,17). The molecule has 0 atom stereocenters. The number of rotatable bonds is 5. The molecule has 0 saturated carbocycles. The Labute approximate surface area is 112 Å². The van der Waals surface area contributed by atoms with E-state index in [1.54, 1.807) is 0 Å². The number of benzene rings is 2. The number of ether oxygens (including phenoxy) is 1. The summed E-state index contributed by atoms with van der Waals surface area (Å²) in [7, 11) is 0. The maximum atomic E-state index is 8.95. The lowest BCUT2D eigenvalue weighted by Crippen LogP contribution is -2.15. The number of fused-ring (bicyclic) bond motifs is 1. The Bertz CT molecular complexity index is 594. The highest BCUT2D eigenvalue weighted by Gasteiger charge is 2.12. The summed E-state index contributed by atoms with van der Waals surface area (Å²) in [4.78, 5) is 0. The van der Waals surface area contributed by atoms with Gasteiger partial charge < -0.3 is 15.7 Å². The average molecular weight is 258 g/mol. The minimum absolute atomic E-state index is 0.0725. The van der Waals surface area contributed by atoms with E-state index in [4.69, 9.17) is 15.7 Å². The zero-order valence-corrected chi connectivity index (χ0v) is 11.0. The summed E-state index contributed by atoms with van der Waals surface area (Å²) in [6.07, 6.45) is 2.04. The maximum Gasteiger partial charge on any atom is 0.174 e. The lowest BCUT2D eigenvalue weighted by Gasteiger charge is -2.13. The minimum Gasteiger partial charge on any atom is -0.493 e. The van der Waals surface area contributed by atoms with Crippen molar-refractivity contribution < 1.29 is 9.94 Å². The Kier molecular flexibility index (Phi) is 4.23. The van der Waals surface area contributed by atoms with Gasteiger partial charge >= 0.3 is 0 Å². The highest BCUT2D eigenvalue weighted by molar-refractivity contribution is 6.11. The van der Waals surface area contributed by atoms with Gasteiger partial charge in [0.2, 0.25) is 0 Å². The van der Waals surface area contributed by atoms with Gasteiger partial charge in [-0.3, -0.25) is 0 Å². The summed E-state index contributed by atoms with van der Waals surface area (Å²) in [5.74, 6) is 0.728. The number of oxime groups is 1. The van der Waals surface area contributed by atoms with Gasteiger partial charge in [0, 0.05) is 0 Å². The summed E-state index contributed by atoms with van der Waals surface area (Å²) in [6.45, 7) is 2.73. The molecule has 0 aliphatic heterocycles. The van der Waals surface area contributed by atoms with Gasteiger partial charge in [0.25, 0.3) is 0 Å². The fourth-order valence-corrected chi connectivity index (χ4v) is 2.01. The molecule has 0 aromatic heterocycles. The highest BCUT2D eigenvalue weighted by Crippen LogP contribution is 2.28. The molecule has 0 radical (unpaired) electrons. The fraction of sp³-hybridized carbons (Fsp3) is 0.267. The molecule has 0 unspecified atom stereocenters. The Hall–Kier alpha value is -2.23. The van der Waals surface area contributed by atoms with Crippen molar-refractivity contribution in [2.24, 2.45) is 10.9 Å². The second-order valence-electron chi connectivity index (χ2n) is 4.35. The van der Waals surface area contributed by atoms with E-state index in [1.807, 2.05) is 36.4 Å². The quantitative estimate of drug-likeness (QED) is 0.285. The van der Waals surface area contributed by atoms with Crippen molar-refractivity contribution in [3.8, 4) is 5.75 Å². The molecule has 100 valence electrons. The van der Waals surface area contributed by atoms with Crippen LogP contribution in [-0.2, 0) is 0 Å². The molecule has 2 aromatic rings. The second-order valence-corrected chi connectivity index (χ2v) is 4.35. The van der Waals surface area contributed by atoms with Gasteiger partial charge in [-0.2, -0.15) is 0 Å². The van der Waals surface area contributed by atoms with Crippen LogP contribution in [0.1, 0.15) is 25.3 Å². The van der Waals surface area contributed by atoms with E-state index in [0.717, 1.165) is 23.6 Å². The van der Waals surface area contributed by atoms with E-state index in [2.05, 4.69) is 12.1 Å². The van der Waals surface area contributed by atoms with Crippen molar-refractivity contribution >= 4 is 16.6 Å². The van der Waals surface area contributed by atoms with Crippen LogP contribution in [0.3, 0.4) is 0 Å².